The molecule has 88 valence electrons. The maximum atomic E-state index is 12.1. The van der Waals surface area contributed by atoms with Gasteiger partial charge in [-0.25, -0.2) is 9.97 Å². The molecule has 2 aromatic rings. The van der Waals surface area contributed by atoms with Gasteiger partial charge < -0.3 is 10.5 Å². The molecule has 0 aliphatic rings. The summed E-state index contributed by atoms with van der Waals surface area (Å²) in [6.45, 7) is 0.331. The number of hydrogen-bond acceptors (Lipinski definition) is 6. The zero-order valence-electron chi connectivity index (χ0n) is 9.21. The molecule has 6 heteroatoms. The average Bonchev–Trinajstić information content (AvgIpc) is 2.86. The van der Waals surface area contributed by atoms with Crippen molar-refractivity contribution in [2.45, 2.75) is 6.54 Å². The van der Waals surface area contributed by atoms with E-state index in [9.17, 15) is 4.79 Å². The number of aromatic nitrogens is 2. The van der Waals surface area contributed by atoms with Crippen LogP contribution in [0, 0.1) is 0 Å². The van der Waals surface area contributed by atoms with Crippen molar-refractivity contribution in [3.8, 4) is 5.75 Å². The zero-order chi connectivity index (χ0) is 12.3. The SMILES string of the molecule is COc1cccnc1C(=O)c1csc(CN)n1. The summed E-state index contributed by atoms with van der Waals surface area (Å²) in [7, 11) is 1.50. The third kappa shape index (κ3) is 2.32. The molecule has 0 radical (unpaired) electrons. The Morgan fingerprint density at radius 1 is 1.59 bits per heavy atom. The van der Waals surface area contributed by atoms with E-state index in [1.807, 2.05) is 0 Å². The van der Waals surface area contributed by atoms with Crippen LogP contribution in [0.15, 0.2) is 23.7 Å². The Hall–Kier alpha value is -1.79. The fourth-order valence-electron chi connectivity index (χ4n) is 1.36. The molecule has 2 rings (SSSR count). The lowest BCUT2D eigenvalue weighted by Gasteiger charge is -2.03. The molecule has 0 saturated carbocycles. The lowest BCUT2D eigenvalue weighted by molar-refractivity contribution is 0.102. The topological polar surface area (TPSA) is 78.1 Å². The molecule has 2 aromatic heterocycles. The van der Waals surface area contributed by atoms with Crippen molar-refractivity contribution in [1.82, 2.24) is 9.97 Å². The summed E-state index contributed by atoms with van der Waals surface area (Å²) < 4.78 is 5.09. The van der Waals surface area contributed by atoms with Gasteiger partial charge in [-0.15, -0.1) is 11.3 Å². The lowest BCUT2D eigenvalue weighted by atomic mass is 10.2. The van der Waals surface area contributed by atoms with E-state index in [0.717, 1.165) is 5.01 Å². The van der Waals surface area contributed by atoms with E-state index in [4.69, 9.17) is 10.5 Å². The maximum absolute atomic E-state index is 12.1. The Bertz CT molecular complexity index is 539. The van der Waals surface area contributed by atoms with Gasteiger partial charge in [-0.2, -0.15) is 0 Å². The molecular weight excluding hydrogens is 238 g/mol. The van der Waals surface area contributed by atoms with Gasteiger partial charge in [0.1, 0.15) is 16.5 Å². The third-order valence-corrected chi connectivity index (χ3v) is 3.04. The Kier molecular flexibility index (Phi) is 3.46. The number of nitrogens with two attached hydrogens (primary N) is 1. The van der Waals surface area contributed by atoms with Gasteiger partial charge in [-0.1, -0.05) is 0 Å². The fraction of sp³-hybridized carbons (Fsp3) is 0.182. The molecule has 2 N–H and O–H groups in total. The van der Waals surface area contributed by atoms with Crippen molar-refractivity contribution >= 4 is 17.1 Å². The van der Waals surface area contributed by atoms with Crippen LogP contribution in [0.3, 0.4) is 0 Å². The van der Waals surface area contributed by atoms with Gasteiger partial charge in [-0.05, 0) is 12.1 Å². The Labute approximate surface area is 102 Å². The van der Waals surface area contributed by atoms with Crippen molar-refractivity contribution in [2.24, 2.45) is 5.73 Å². The summed E-state index contributed by atoms with van der Waals surface area (Å²) in [5, 5.41) is 2.40. The number of methoxy groups -OCH3 is 1. The highest BCUT2D eigenvalue weighted by atomic mass is 32.1. The van der Waals surface area contributed by atoms with E-state index >= 15 is 0 Å². The van der Waals surface area contributed by atoms with Crippen LogP contribution < -0.4 is 10.5 Å². The van der Waals surface area contributed by atoms with E-state index in [0.29, 0.717) is 18.0 Å². The predicted molar refractivity (Wildman–Crippen MR) is 64.2 cm³/mol. The highest BCUT2D eigenvalue weighted by molar-refractivity contribution is 7.09. The molecule has 0 saturated heterocycles. The Balaban J connectivity index is 2.36. The molecule has 17 heavy (non-hydrogen) atoms. The molecule has 0 aliphatic heterocycles. The van der Waals surface area contributed by atoms with Crippen LogP contribution in [0.5, 0.6) is 5.75 Å². The number of ether oxygens (including phenoxy) is 1. The van der Waals surface area contributed by atoms with Crippen molar-refractivity contribution in [1.29, 1.82) is 0 Å². The van der Waals surface area contributed by atoms with Gasteiger partial charge in [0.2, 0.25) is 5.78 Å². The summed E-state index contributed by atoms with van der Waals surface area (Å²) in [5.74, 6) is 0.193. The minimum absolute atomic E-state index is 0.251. The molecular formula is C11H11N3O2S. The van der Waals surface area contributed by atoms with Crippen molar-refractivity contribution in [2.75, 3.05) is 7.11 Å². The number of carbonyl (C=O) groups is 1. The number of nitrogens with zero attached hydrogens (tertiary/aromatic N) is 2. The van der Waals surface area contributed by atoms with E-state index < -0.39 is 0 Å². The second-order valence-corrected chi connectivity index (χ2v) is 4.16. The van der Waals surface area contributed by atoms with Crippen LogP contribution in [0.1, 0.15) is 21.2 Å². The second-order valence-electron chi connectivity index (χ2n) is 3.21. The molecule has 0 unspecified atom stereocenters. The average molecular weight is 249 g/mol. The van der Waals surface area contributed by atoms with E-state index in [-0.39, 0.29) is 11.5 Å². The Morgan fingerprint density at radius 2 is 2.41 bits per heavy atom. The Morgan fingerprint density at radius 3 is 3.06 bits per heavy atom. The first-order valence-electron chi connectivity index (χ1n) is 4.94. The van der Waals surface area contributed by atoms with Crippen molar-refractivity contribution < 1.29 is 9.53 Å². The third-order valence-electron chi connectivity index (χ3n) is 2.16. The fourth-order valence-corrected chi connectivity index (χ4v) is 2.01. The first kappa shape index (κ1) is 11.7. The minimum Gasteiger partial charge on any atom is -0.494 e. The van der Waals surface area contributed by atoms with Crippen molar-refractivity contribution in [3.63, 3.8) is 0 Å². The molecule has 2 heterocycles. The van der Waals surface area contributed by atoms with E-state index in [2.05, 4.69) is 9.97 Å². The standard InChI is InChI=1S/C11H11N3O2S/c1-16-8-3-2-4-13-10(8)11(15)7-6-17-9(5-12)14-7/h2-4,6H,5,12H2,1H3. The molecule has 0 spiro atoms. The van der Waals surface area contributed by atoms with Gasteiger partial charge in [0.25, 0.3) is 0 Å². The van der Waals surface area contributed by atoms with Crippen LogP contribution in [0.2, 0.25) is 0 Å². The minimum atomic E-state index is -0.251. The van der Waals surface area contributed by atoms with Crippen LogP contribution in [0.4, 0.5) is 0 Å². The summed E-state index contributed by atoms with van der Waals surface area (Å²) in [6, 6.07) is 3.40. The predicted octanol–water partition coefficient (Wildman–Crippen LogP) is 1.24. The normalized spacial score (nSPS) is 10.2. The molecule has 0 bridgehead atoms. The first-order chi connectivity index (χ1) is 8.26. The number of carbonyl (C=O) groups excluding carboxylic acids is 1. The number of hydrogen-bond donors (Lipinski definition) is 1. The van der Waals surface area contributed by atoms with Crippen LogP contribution >= 0.6 is 11.3 Å². The molecule has 0 amide bonds. The molecule has 0 atom stereocenters. The summed E-state index contributed by atoms with van der Waals surface area (Å²) in [5.41, 5.74) is 6.08. The highest BCUT2D eigenvalue weighted by Gasteiger charge is 2.18. The van der Waals surface area contributed by atoms with E-state index in [1.54, 1.807) is 23.7 Å². The summed E-state index contributed by atoms with van der Waals surface area (Å²) in [6.07, 6.45) is 1.55. The maximum Gasteiger partial charge on any atom is 0.234 e. The van der Waals surface area contributed by atoms with Gasteiger partial charge in [0.15, 0.2) is 5.69 Å². The molecule has 5 nitrogen and oxygen atoms in total. The number of pyridine rings is 1. The molecule has 0 aliphatic carbocycles. The van der Waals surface area contributed by atoms with Gasteiger partial charge in [0.05, 0.1) is 7.11 Å². The summed E-state index contributed by atoms with van der Waals surface area (Å²) >= 11 is 1.36. The number of rotatable bonds is 4. The van der Waals surface area contributed by atoms with Crippen molar-refractivity contribution in [3.05, 3.63) is 40.1 Å². The van der Waals surface area contributed by atoms with Gasteiger partial charge in [0, 0.05) is 18.1 Å². The highest BCUT2D eigenvalue weighted by Crippen LogP contribution is 2.19. The van der Waals surface area contributed by atoms with Gasteiger partial charge >= 0.3 is 0 Å². The quantitative estimate of drug-likeness (QED) is 0.825. The zero-order valence-corrected chi connectivity index (χ0v) is 10.0. The van der Waals surface area contributed by atoms with Gasteiger partial charge in [-0.3, -0.25) is 4.79 Å². The van der Waals surface area contributed by atoms with Crippen LogP contribution in [0.25, 0.3) is 0 Å². The molecule has 0 aromatic carbocycles. The number of thiazole rings is 1. The molecule has 0 fully saturated rings. The second kappa shape index (κ2) is 5.03. The summed E-state index contributed by atoms with van der Waals surface area (Å²) in [4.78, 5) is 20.3. The van der Waals surface area contributed by atoms with E-state index in [1.165, 1.54) is 18.4 Å². The monoisotopic (exact) mass is 249 g/mol. The first-order valence-corrected chi connectivity index (χ1v) is 5.82. The van der Waals surface area contributed by atoms with Crippen LogP contribution in [-0.4, -0.2) is 22.9 Å². The smallest absolute Gasteiger partial charge is 0.234 e. The largest absolute Gasteiger partial charge is 0.494 e. The lowest BCUT2D eigenvalue weighted by Crippen LogP contribution is -2.07. The number of ketones is 1. The van der Waals surface area contributed by atoms with Crippen LogP contribution in [-0.2, 0) is 6.54 Å².